The van der Waals surface area contributed by atoms with Gasteiger partial charge in [-0.15, -0.1) is 0 Å². The first-order valence-corrected chi connectivity index (χ1v) is 16.7. The van der Waals surface area contributed by atoms with Gasteiger partial charge in [0.05, 0.1) is 42.2 Å². The third-order valence-corrected chi connectivity index (χ3v) is 11.0. The molecule has 10 heteroatoms. The smallest absolute Gasteiger partial charge is 0.258 e. The topological polar surface area (TPSA) is 92.6 Å². The van der Waals surface area contributed by atoms with E-state index in [1.165, 1.54) is 25.7 Å². The summed E-state index contributed by atoms with van der Waals surface area (Å²) >= 11 is 0. The molecular formula is C34H45FN6O3. The number of halogens is 1. The molecule has 7 rings (SSSR count). The zero-order chi connectivity index (χ0) is 30.2. The normalized spacial score (nSPS) is 34.4. The van der Waals surface area contributed by atoms with Crippen molar-refractivity contribution in [1.82, 2.24) is 29.7 Å². The Bertz CT molecular complexity index is 1340. The summed E-state index contributed by atoms with van der Waals surface area (Å²) in [5, 5.41) is 3.50. The second-order valence-electron chi connectivity index (χ2n) is 13.6. The molecule has 2 aromatic heterocycles. The second-order valence-corrected chi connectivity index (χ2v) is 13.6. The number of pyridine rings is 1. The SMILES string of the molecule is CN(CCc1ccccn1)C(=O)C1=CN2C3CC4CCCCC4CC3OC3C(NCCCn4ccnc4)C(F)CC(C1=O)C32. The van der Waals surface area contributed by atoms with Crippen molar-refractivity contribution in [1.29, 1.82) is 0 Å². The van der Waals surface area contributed by atoms with Crippen LogP contribution >= 0.6 is 0 Å². The highest BCUT2D eigenvalue weighted by atomic mass is 19.1. The van der Waals surface area contributed by atoms with Gasteiger partial charge in [-0.25, -0.2) is 9.37 Å². The minimum atomic E-state index is -1.24. The molecular weight excluding hydrogens is 559 g/mol. The summed E-state index contributed by atoms with van der Waals surface area (Å²) in [4.78, 5) is 40.3. The molecule has 1 amide bonds. The highest BCUT2D eigenvalue weighted by Gasteiger charge is 2.59. The number of likely N-dealkylation sites (N-methyl/N-ethyl adjacent to an activating group) is 1. The van der Waals surface area contributed by atoms with E-state index in [9.17, 15) is 9.59 Å². The Morgan fingerprint density at radius 2 is 2.00 bits per heavy atom. The molecule has 1 N–H and O–H groups in total. The number of alkyl halides is 1. The van der Waals surface area contributed by atoms with Crippen LogP contribution in [-0.4, -0.2) is 92.7 Å². The molecule has 3 aliphatic carbocycles. The Kier molecular flexibility index (Phi) is 8.55. The Morgan fingerprint density at radius 1 is 1.16 bits per heavy atom. The van der Waals surface area contributed by atoms with Gasteiger partial charge in [0, 0.05) is 63.0 Å². The highest BCUT2D eigenvalue weighted by Crippen LogP contribution is 2.50. The van der Waals surface area contributed by atoms with Crippen molar-refractivity contribution in [3.63, 3.8) is 0 Å². The Morgan fingerprint density at radius 3 is 2.77 bits per heavy atom. The van der Waals surface area contributed by atoms with E-state index >= 15 is 4.39 Å². The predicted molar refractivity (Wildman–Crippen MR) is 163 cm³/mol. The zero-order valence-corrected chi connectivity index (χ0v) is 25.6. The fourth-order valence-electron chi connectivity index (χ4n) is 8.77. The van der Waals surface area contributed by atoms with E-state index < -0.39 is 24.2 Å². The van der Waals surface area contributed by atoms with Crippen LogP contribution in [-0.2, 0) is 27.3 Å². The largest absolute Gasteiger partial charge is 0.369 e. The lowest BCUT2D eigenvalue weighted by molar-refractivity contribution is -0.208. The first-order chi connectivity index (χ1) is 21.5. The van der Waals surface area contributed by atoms with Crippen molar-refractivity contribution in [3.05, 3.63) is 60.6 Å². The lowest BCUT2D eigenvalue weighted by atomic mass is 9.65. The number of nitrogens with zero attached hydrogens (tertiary/aromatic N) is 5. The van der Waals surface area contributed by atoms with Gasteiger partial charge < -0.3 is 24.4 Å². The van der Waals surface area contributed by atoms with Gasteiger partial charge in [0.1, 0.15) is 6.17 Å². The van der Waals surface area contributed by atoms with Crippen LogP contribution < -0.4 is 5.32 Å². The Labute approximate surface area is 259 Å². The van der Waals surface area contributed by atoms with Crippen molar-refractivity contribution in [2.24, 2.45) is 17.8 Å². The molecule has 0 spiro atoms. The minimum absolute atomic E-state index is 0.0283. The summed E-state index contributed by atoms with van der Waals surface area (Å²) in [6.45, 7) is 1.90. The minimum Gasteiger partial charge on any atom is -0.369 e. The fourth-order valence-corrected chi connectivity index (χ4v) is 8.77. The third kappa shape index (κ3) is 5.71. The number of hydrogen-bond acceptors (Lipinski definition) is 7. The number of ether oxygens (including phenoxy) is 1. The first kappa shape index (κ1) is 29.6. The molecule has 5 aliphatic rings. The molecule has 3 saturated carbocycles. The second kappa shape index (κ2) is 12.7. The zero-order valence-electron chi connectivity index (χ0n) is 25.6. The standard InChI is InChI=1S/C34H45FN6O3/c1-39(15-10-24-9-4-5-11-37-24)34(43)26-20-41-28-17-22-7-2-3-8-23(22)18-29(28)44-33-30(27(35)19-25(31(33)41)32(26)42)38-12-6-14-40-16-13-36-21-40/h4-5,9,11,13,16,20-23,25,27-31,33,38H,2-3,6-8,10,12,14-15,17-19H2,1H3. The number of carbonyl (C=O) groups excluding carboxylic acids is 2. The van der Waals surface area contributed by atoms with Gasteiger partial charge in [0.2, 0.25) is 0 Å². The van der Waals surface area contributed by atoms with Crippen LogP contribution in [0.2, 0.25) is 0 Å². The van der Waals surface area contributed by atoms with Gasteiger partial charge in [-0.1, -0.05) is 31.7 Å². The van der Waals surface area contributed by atoms with Gasteiger partial charge in [0.25, 0.3) is 5.91 Å². The van der Waals surface area contributed by atoms with Crippen molar-refractivity contribution < 1.29 is 18.7 Å². The van der Waals surface area contributed by atoms with Gasteiger partial charge >= 0.3 is 0 Å². The molecule has 1 saturated heterocycles. The average Bonchev–Trinajstić information content (AvgIpc) is 3.57. The maximum absolute atomic E-state index is 16.1. The molecule has 2 aromatic rings. The van der Waals surface area contributed by atoms with Crippen LogP contribution in [0.1, 0.15) is 57.1 Å². The number of amides is 1. The van der Waals surface area contributed by atoms with Crippen LogP contribution in [0.3, 0.4) is 0 Å². The predicted octanol–water partition coefficient (Wildman–Crippen LogP) is 3.56. The molecule has 0 radical (unpaired) electrons. The number of morpholine rings is 1. The molecule has 4 fully saturated rings. The highest BCUT2D eigenvalue weighted by molar-refractivity contribution is 6.20. The molecule has 9 nitrogen and oxygen atoms in total. The van der Waals surface area contributed by atoms with Crippen LogP contribution in [0.25, 0.3) is 0 Å². The van der Waals surface area contributed by atoms with E-state index in [-0.39, 0.29) is 41.9 Å². The van der Waals surface area contributed by atoms with E-state index in [1.807, 2.05) is 35.2 Å². The van der Waals surface area contributed by atoms with Crippen molar-refractivity contribution in [3.8, 4) is 0 Å². The number of fused-ring (bicyclic) bond motifs is 3. The number of ketones is 1. The number of nitrogens with one attached hydrogen (secondary N) is 1. The summed E-state index contributed by atoms with van der Waals surface area (Å²) in [6, 6.07) is 5.08. The lowest BCUT2D eigenvalue weighted by Gasteiger charge is -2.61. The molecule has 9 unspecified atom stereocenters. The van der Waals surface area contributed by atoms with Crippen LogP contribution in [0.4, 0.5) is 4.39 Å². The van der Waals surface area contributed by atoms with Gasteiger partial charge in [-0.05, 0) is 56.2 Å². The molecule has 4 heterocycles. The van der Waals surface area contributed by atoms with E-state index in [0.29, 0.717) is 31.3 Å². The number of hydrogen-bond donors (Lipinski definition) is 1. The van der Waals surface area contributed by atoms with E-state index in [4.69, 9.17) is 4.74 Å². The monoisotopic (exact) mass is 604 g/mol. The summed E-state index contributed by atoms with van der Waals surface area (Å²) in [5.41, 5.74) is 1.09. The van der Waals surface area contributed by atoms with Crippen molar-refractivity contribution >= 4 is 11.7 Å². The van der Waals surface area contributed by atoms with Crippen LogP contribution in [0.5, 0.6) is 0 Å². The van der Waals surface area contributed by atoms with E-state index in [0.717, 1.165) is 31.5 Å². The summed E-state index contributed by atoms with van der Waals surface area (Å²) in [7, 11) is 1.74. The number of imidazole rings is 1. The van der Waals surface area contributed by atoms with Crippen LogP contribution in [0, 0.1) is 17.8 Å². The van der Waals surface area contributed by atoms with Crippen LogP contribution in [0.15, 0.2) is 54.9 Å². The molecule has 2 aliphatic heterocycles. The molecule has 44 heavy (non-hydrogen) atoms. The number of rotatable bonds is 9. The Hall–Kier alpha value is -3.11. The van der Waals surface area contributed by atoms with E-state index in [2.05, 4.69) is 20.2 Å². The lowest BCUT2D eigenvalue weighted by Crippen LogP contribution is -2.73. The van der Waals surface area contributed by atoms with Gasteiger partial charge in [-0.2, -0.15) is 0 Å². The molecule has 9 atom stereocenters. The molecule has 0 aromatic carbocycles. The fraction of sp³-hybridized carbons (Fsp3) is 0.647. The maximum Gasteiger partial charge on any atom is 0.258 e. The maximum atomic E-state index is 16.1. The number of carbonyl (C=O) groups is 2. The number of aromatic nitrogens is 3. The number of aryl methyl sites for hydroxylation is 1. The molecule has 0 bridgehead atoms. The number of Topliss-reactive ketones (excluding diaryl/α,β-unsaturated/α-hetero) is 1. The summed E-state index contributed by atoms with van der Waals surface area (Å²) < 4.78 is 25.0. The first-order valence-electron chi connectivity index (χ1n) is 16.7. The summed E-state index contributed by atoms with van der Waals surface area (Å²) in [5.74, 6) is 0.158. The van der Waals surface area contributed by atoms with E-state index in [1.54, 1.807) is 30.7 Å². The summed E-state index contributed by atoms with van der Waals surface area (Å²) in [6.07, 6.45) is 15.9. The molecule has 236 valence electrons. The van der Waals surface area contributed by atoms with Crippen molar-refractivity contribution in [2.45, 2.75) is 101 Å². The Balaban J connectivity index is 1.13. The third-order valence-electron chi connectivity index (χ3n) is 11.0. The average molecular weight is 605 g/mol. The quantitative estimate of drug-likeness (QED) is 0.346. The van der Waals surface area contributed by atoms with Gasteiger partial charge in [-0.3, -0.25) is 14.6 Å². The van der Waals surface area contributed by atoms with Gasteiger partial charge in [0.15, 0.2) is 5.78 Å². The van der Waals surface area contributed by atoms with Crippen molar-refractivity contribution in [2.75, 3.05) is 20.1 Å².